The molecule has 0 aromatic heterocycles. The van der Waals surface area contributed by atoms with Gasteiger partial charge >= 0.3 is 66.3 Å². The van der Waals surface area contributed by atoms with Gasteiger partial charge in [0.05, 0.1) is 0 Å². The average molecular weight is 330 g/mol. The monoisotopic (exact) mass is 330 g/mol. The van der Waals surface area contributed by atoms with E-state index in [1.807, 2.05) is 14.1 Å². The zero-order chi connectivity index (χ0) is 5.54. The number of halogens is 2. The summed E-state index contributed by atoms with van der Waals surface area (Å²) in [6, 6.07) is 0. The van der Waals surface area contributed by atoms with Crippen molar-refractivity contribution in [3.8, 4) is 0 Å². The molecule has 0 radical (unpaired) electrons. The van der Waals surface area contributed by atoms with Crippen molar-refractivity contribution in [3.63, 3.8) is 0 Å². The summed E-state index contributed by atoms with van der Waals surface area (Å²) < 4.78 is 11.1. The van der Waals surface area contributed by atoms with Crippen LogP contribution in [0.25, 0.3) is 0 Å². The van der Waals surface area contributed by atoms with Crippen LogP contribution in [0.4, 0.5) is 0 Å². The first-order valence-corrected chi connectivity index (χ1v) is 5.61. The molecule has 0 rings (SSSR count). The van der Waals surface area contributed by atoms with Crippen molar-refractivity contribution < 1.29 is 45.2 Å². The number of hydrogen-bond acceptors (Lipinski definition) is 3. The zero-order valence-corrected chi connectivity index (χ0v) is 8.48. The van der Waals surface area contributed by atoms with Crippen molar-refractivity contribution in [2.75, 3.05) is 14.1 Å². The van der Waals surface area contributed by atoms with Crippen LogP contribution in [0.3, 0.4) is 0 Å². The Labute approximate surface area is 65.9 Å². The molecule has 3 nitrogen and oxygen atoms in total. The molecule has 0 aromatic rings. The Morgan fingerprint density at radius 2 is 1.57 bits per heavy atom. The van der Waals surface area contributed by atoms with E-state index < -0.39 is 0 Å². The molecule has 0 amide bonds. The van der Waals surface area contributed by atoms with Crippen LogP contribution in [0.15, 0.2) is 0 Å². The van der Waals surface area contributed by atoms with Crippen molar-refractivity contribution in [2.24, 2.45) is 0 Å². The second-order valence-electron chi connectivity index (χ2n) is 0.591. The van der Waals surface area contributed by atoms with Gasteiger partial charge in [-0.05, 0) is 0 Å². The molecule has 0 aliphatic heterocycles. The van der Waals surface area contributed by atoms with E-state index in [1.54, 1.807) is 0 Å². The second-order valence-corrected chi connectivity index (χ2v) is 6.20. The summed E-state index contributed by atoms with van der Waals surface area (Å²) in [5, 5.41) is 0. The van der Waals surface area contributed by atoms with Crippen molar-refractivity contribution in [3.05, 3.63) is 0 Å². The van der Waals surface area contributed by atoms with Gasteiger partial charge in [-0.1, -0.05) is 0 Å². The van der Waals surface area contributed by atoms with Crippen LogP contribution in [0.5, 0.6) is 0 Å². The number of nitrogens with one attached hydrogen (secondary N) is 2. The summed E-state index contributed by atoms with van der Waals surface area (Å²) in [4.78, 5) is 0. The fraction of sp³-hybridized carbons (Fsp3) is 1.00. The van der Waals surface area contributed by atoms with E-state index in [2.05, 4.69) is 7.06 Å². The van der Waals surface area contributed by atoms with Gasteiger partial charge in [-0.25, -0.2) is 0 Å². The predicted molar refractivity (Wildman–Crippen MR) is 19.2 cm³/mol. The van der Waals surface area contributed by atoms with E-state index in [-0.39, 0.29) is 43.8 Å². The van der Waals surface area contributed by atoms with E-state index in [1.165, 1.54) is 0 Å². The summed E-state index contributed by atoms with van der Waals surface area (Å²) in [5.41, 5.74) is 0. The first-order chi connectivity index (χ1) is 3.41. The third-order valence-corrected chi connectivity index (χ3v) is 3.66. The summed E-state index contributed by atoms with van der Waals surface area (Å²) in [6.07, 6.45) is 0. The molecule has 0 bridgehead atoms. The van der Waals surface area contributed by atoms with Gasteiger partial charge in [-0.3, -0.25) is 0 Å². The van der Waals surface area contributed by atoms with Crippen LogP contribution < -0.4 is 50.8 Å². The van der Waals surface area contributed by atoms with Crippen molar-refractivity contribution in [2.45, 2.75) is 0 Å². The molecule has 0 saturated carbocycles. The molecule has 7 heavy (non-hydrogen) atoms. The first kappa shape index (κ1) is 8.34. The molecule has 0 heterocycles. The molecule has 0 saturated heterocycles. The Bertz CT molecular complexity index is 32.9. The normalized spacial score (nSPS) is 10.6. The molecule has 0 fully saturated rings. The molecule has 5 heteroatoms. The molecule has 48 valence electrons. The molecule has 0 spiro atoms. The van der Waals surface area contributed by atoms with Gasteiger partial charge in [-0.2, -0.15) is 0 Å². The van der Waals surface area contributed by atoms with Crippen LogP contribution in [0, 0.1) is 0 Å². The maximum absolute atomic E-state index is 5.13. The fourth-order valence-corrected chi connectivity index (χ4v) is 3.28. The van der Waals surface area contributed by atoms with E-state index in [0.717, 1.165) is 0 Å². The average Bonchev–Trinajstić information content (AvgIpc) is 1.69. The Kier molecular flexibility index (Phi) is 8.75. The van der Waals surface area contributed by atoms with Crippen LogP contribution in [-0.2, 0) is 1.40 Å². The molecule has 0 atom stereocenters. The molecular formula is C2H8I2N2O-2. The van der Waals surface area contributed by atoms with Gasteiger partial charge in [0.1, 0.15) is 0 Å². The minimum atomic E-state index is -0.142. The second kappa shape index (κ2) is 7.34. The van der Waals surface area contributed by atoms with Crippen LogP contribution in [-0.4, -0.2) is 14.1 Å². The van der Waals surface area contributed by atoms with Gasteiger partial charge in [0.15, 0.2) is 0 Å². The van der Waals surface area contributed by atoms with Crippen LogP contribution >= 0.6 is 0 Å². The molecular weight excluding hydrogens is 322 g/mol. The van der Waals surface area contributed by atoms with Crippen molar-refractivity contribution in [1.82, 2.24) is 7.06 Å². The van der Waals surface area contributed by atoms with Gasteiger partial charge in [0.25, 0.3) is 0 Å². The van der Waals surface area contributed by atoms with E-state index in [0.29, 0.717) is 0 Å². The number of rotatable bonds is 4. The Morgan fingerprint density at radius 1 is 1.14 bits per heavy atom. The summed E-state index contributed by atoms with van der Waals surface area (Å²) in [7, 11) is 3.82. The molecule has 0 aliphatic carbocycles. The Hall–Kier alpha value is 1.34. The molecule has 0 aliphatic rings. The van der Waals surface area contributed by atoms with E-state index >= 15 is 0 Å². The molecule has 0 unspecified atom stereocenters. The summed E-state index contributed by atoms with van der Waals surface area (Å²) in [6.45, 7) is 0. The Balaban J connectivity index is 2.45. The predicted octanol–water partition coefficient (Wildman–Crippen LogP) is -6.72. The summed E-state index contributed by atoms with van der Waals surface area (Å²) in [5.74, 6) is 0. The third-order valence-electron chi connectivity index (χ3n) is 0.213. The van der Waals surface area contributed by atoms with Gasteiger partial charge in [-0.15, -0.1) is 0 Å². The van der Waals surface area contributed by atoms with Gasteiger partial charge in [0, 0.05) is 0 Å². The fourth-order valence-electron chi connectivity index (χ4n) is 0.0729. The SMILES string of the molecule is CN[I-]O[I-]NC. The topological polar surface area (TPSA) is 33.3 Å². The molecule has 2 N–H and O–H groups in total. The quantitative estimate of drug-likeness (QED) is 0.306. The Morgan fingerprint density at radius 3 is 1.86 bits per heavy atom. The maximum atomic E-state index is 5.13. The van der Waals surface area contributed by atoms with Gasteiger partial charge < -0.3 is 0 Å². The first-order valence-electron chi connectivity index (χ1n) is 1.69. The van der Waals surface area contributed by atoms with E-state index in [4.69, 9.17) is 1.40 Å². The number of hydrogen-bond donors (Lipinski definition) is 2. The van der Waals surface area contributed by atoms with E-state index in [9.17, 15) is 0 Å². The van der Waals surface area contributed by atoms with Crippen LogP contribution in [0.2, 0.25) is 0 Å². The van der Waals surface area contributed by atoms with Crippen LogP contribution in [0.1, 0.15) is 0 Å². The zero-order valence-electron chi connectivity index (χ0n) is 4.16. The molecule has 0 aromatic carbocycles. The minimum absolute atomic E-state index is 0.142. The third kappa shape index (κ3) is 7.34. The standard InChI is InChI=1S/C2H8I2N2O/c1-5-3-7-4-6-2/h5-6H,1-2H3/q-2. The van der Waals surface area contributed by atoms with Crippen molar-refractivity contribution >= 4 is 0 Å². The van der Waals surface area contributed by atoms with Crippen molar-refractivity contribution in [1.29, 1.82) is 0 Å². The van der Waals surface area contributed by atoms with Gasteiger partial charge in [0.2, 0.25) is 0 Å². The summed E-state index contributed by atoms with van der Waals surface area (Å²) >= 11 is -0.284.